The van der Waals surface area contributed by atoms with Crippen molar-refractivity contribution in [1.29, 1.82) is 0 Å². The maximum Gasteiger partial charge on any atom is 0.193 e. The van der Waals surface area contributed by atoms with Gasteiger partial charge in [-0.1, -0.05) is 18.6 Å². The van der Waals surface area contributed by atoms with Crippen LogP contribution in [0.1, 0.15) is 24.8 Å². The number of aryl methyl sites for hydroxylation is 1. The van der Waals surface area contributed by atoms with Crippen LogP contribution in [0.2, 0.25) is 0 Å². The van der Waals surface area contributed by atoms with Crippen molar-refractivity contribution in [2.24, 2.45) is 10.7 Å². The second-order valence-corrected chi connectivity index (χ2v) is 6.32. The van der Waals surface area contributed by atoms with Crippen molar-refractivity contribution >= 4 is 35.6 Å². The van der Waals surface area contributed by atoms with E-state index in [-0.39, 0.29) is 30.1 Å². The molecule has 2 aliphatic heterocycles. The highest BCUT2D eigenvalue weighted by atomic mass is 127. The Balaban J connectivity index is 0.00000192. The van der Waals surface area contributed by atoms with Crippen molar-refractivity contribution in [1.82, 2.24) is 4.90 Å². The second kappa shape index (κ2) is 8.84. The standard InChI is InChI=1S/C17H26N4O.HI/c1-13-5-4-6-14(9-13)20-17(18)19-10-16-11-21-8-3-2-7-15(21)12-22-16;/h4-6,9,15-16H,2-3,7-8,10-12H2,1H3,(H3,18,19,20);1H. The Morgan fingerprint density at radius 1 is 1.43 bits per heavy atom. The van der Waals surface area contributed by atoms with Crippen LogP contribution in [0.4, 0.5) is 5.69 Å². The molecule has 2 unspecified atom stereocenters. The maximum atomic E-state index is 5.97. The number of anilines is 1. The third kappa shape index (κ3) is 5.32. The number of halogens is 1. The van der Waals surface area contributed by atoms with Crippen LogP contribution < -0.4 is 11.1 Å². The summed E-state index contributed by atoms with van der Waals surface area (Å²) in [5.74, 6) is 0.454. The van der Waals surface area contributed by atoms with Gasteiger partial charge >= 0.3 is 0 Å². The van der Waals surface area contributed by atoms with E-state index in [9.17, 15) is 0 Å². The minimum Gasteiger partial charge on any atom is -0.373 e. The van der Waals surface area contributed by atoms with Crippen molar-refractivity contribution in [2.75, 3.05) is 31.6 Å². The number of rotatable bonds is 3. The molecule has 23 heavy (non-hydrogen) atoms. The highest BCUT2D eigenvalue weighted by Crippen LogP contribution is 2.22. The monoisotopic (exact) mass is 430 g/mol. The number of morpholine rings is 1. The predicted octanol–water partition coefficient (Wildman–Crippen LogP) is 2.59. The van der Waals surface area contributed by atoms with Crippen LogP contribution in [0, 0.1) is 6.92 Å². The summed E-state index contributed by atoms with van der Waals surface area (Å²) in [6.07, 6.45) is 4.07. The van der Waals surface area contributed by atoms with E-state index in [1.807, 2.05) is 12.1 Å². The molecule has 5 nitrogen and oxygen atoms in total. The van der Waals surface area contributed by atoms with E-state index >= 15 is 0 Å². The van der Waals surface area contributed by atoms with Gasteiger partial charge in [0.15, 0.2) is 5.96 Å². The van der Waals surface area contributed by atoms with Gasteiger partial charge in [0.2, 0.25) is 0 Å². The lowest BCUT2D eigenvalue weighted by atomic mass is 10.0. The average molecular weight is 430 g/mol. The van der Waals surface area contributed by atoms with E-state index in [1.165, 1.54) is 31.4 Å². The molecule has 3 N–H and O–H groups in total. The summed E-state index contributed by atoms with van der Waals surface area (Å²) in [5, 5.41) is 3.14. The molecule has 0 aromatic heterocycles. The van der Waals surface area contributed by atoms with Crippen LogP contribution in [0.25, 0.3) is 0 Å². The van der Waals surface area contributed by atoms with Crippen LogP contribution in [0.3, 0.4) is 0 Å². The van der Waals surface area contributed by atoms with Crippen molar-refractivity contribution in [3.8, 4) is 0 Å². The third-order valence-electron chi connectivity index (χ3n) is 4.47. The molecule has 0 bridgehead atoms. The Labute approximate surface area is 155 Å². The number of benzene rings is 1. The maximum absolute atomic E-state index is 5.97. The number of fused-ring (bicyclic) bond motifs is 1. The van der Waals surface area contributed by atoms with Gasteiger partial charge in [0.25, 0.3) is 0 Å². The zero-order chi connectivity index (χ0) is 15.4. The Morgan fingerprint density at radius 3 is 3.13 bits per heavy atom. The van der Waals surface area contributed by atoms with E-state index < -0.39 is 0 Å². The quantitative estimate of drug-likeness (QED) is 0.440. The molecule has 2 aliphatic rings. The first-order valence-corrected chi connectivity index (χ1v) is 8.20. The van der Waals surface area contributed by atoms with Gasteiger partial charge in [-0.25, -0.2) is 0 Å². The molecular formula is C17H27IN4O. The number of nitrogens with zero attached hydrogens (tertiary/aromatic N) is 2. The Kier molecular flexibility index (Phi) is 7.10. The number of nitrogens with one attached hydrogen (secondary N) is 1. The number of piperidine rings is 1. The molecule has 2 atom stereocenters. The molecule has 0 saturated carbocycles. The minimum atomic E-state index is 0. The fourth-order valence-corrected chi connectivity index (χ4v) is 3.27. The van der Waals surface area contributed by atoms with Gasteiger partial charge < -0.3 is 15.8 Å². The lowest BCUT2D eigenvalue weighted by molar-refractivity contribution is -0.0702. The lowest BCUT2D eigenvalue weighted by Gasteiger charge is -2.42. The minimum absolute atomic E-state index is 0. The van der Waals surface area contributed by atoms with Crippen LogP contribution in [-0.2, 0) is 4.74 Å². The molecule has 1 aromatic carbocycles. The van der Waals surface area contributed by atoms with Gasteiger partial charge in [-0.3, -0.25) is 9.89 Å². The first-order chi connectivity index (χ1) is 10.7. The van der Waals surface area contributed by atoms with E-state index in [1.54, 1.807) is 0 Å². The van der Waals surface area contributed by atoms with Crippen LogP contribution in [0.15, 0.2) is 29.3 Å². The summed E-state index contributed by atoms with van der Waals surface area (Å²) in [6.45, 7) is 5.69. The number of hydrogen-bond donors (Lipinski definition) is 2. The highest BCUT2D eigenvalue weighted by molar-refractivity contribution is 14.0. The van der Waals surface area contributed by atoms with Gasteiger partial charge in [-0.2, -0.15) is 0 Å². The number of hydrogen-bond acceptors (Lipinski definition) is 3. The van der Waals surface area contributed by atoms with E-state index in [0.717, 1.165) is 18.8 Å². The van der Waals surface area contributed by atoms with E-state index in [4.69, 9.17) is 10.5 Å². The first-order valence-electron chi connectivity index (χ1n) is 8.20. The van der Waals surface area contributed by atoms with E-state index in [0.29, 0.717) is 18.5 Å². The van der Waals surface area contributed by atoms with E-state index in [2.05, 4.69) is 34.3 Å². The normalized spacial score (nSPS) is 25.3. The number of nitrogens with two attached hydrogens (primary N) is 1. The summed E-state index contributed by atoms with van der Waals surface area (Å²) in [4.78, 5) is 6.99. The summed E-state index contributed by atoms with van der Waals surface area (Å²) >= 11 is 0. The molecule has 0 aliphatic carbocycles. The fraction of sp³-hybridized carbons (Fsp3) is 0.588. The Hall–Kier alpha value is -0.860. The molecule has 2 saturated heterocycles. The molecule has 6 heteroatoms. The third-order valence-corrected chi connectivity index (χ3v) is 4.47. The van der Waals surface area contributed by atoms with Crippen molar-refractivity contribution in [3.63, 3.8) is 0 Å². The molecule has 0 amide bonds. The molecule has 3 rings (SSSR count). The first kappa shape index (κ1) is 18.5. The van der Waals surface area contributed by atoms with Crippen molar-refractivity contribution in [2.45, 2.75) is 38.3 Å². The van der Waals surface area contributed by atoms with Gasteiger partial charge in [0, 0.05) is 18.3 Å². The molecule has 128 valence electrons. The summed E-state index contributed by atoms with van der Waals surface area (Å²) in [7, 11) is 0. The van der Waals surface area contributed by atoms with Crippen LogP contribution >= 0.6 is 24.0 Å². The number of aliphatic imine (C=N–C) groups is 1. The second-order valence-electron chi connectivity index (χ2n) is 6.32. The Morgan fingerprint density at radius 2 is 2.30 bits per heavy atom. The number of guanidine groups is 1. The molecule has 2 heterocycles. The van der Waals surface area contributed by atoms with Gasteiger partial charge in [-0.05, 0) is 44.0 Å². The smallest absolute Gasteiger partial charge is 0.193 e. The summed E-state index contributed by atoms with van der Waals surface area (Å²) in [5.41, 5.74) is 8.15. The van der Waals surface area contributed by atoms with Crippen molar-refractivity contribution < 1.29 is 4.74 Å². The van der Waals surface area contributed by atoms with Crippen LogP contribution in [-0.4, -0.2) is 49.2 Å². The summed E-state index contributed by atoms with van der Waals surface area (Å²) in [6, 6.07) is 8.73. The number of ether oxygens (including phenoxy) is 1. The van der Waals surface area contributed by atoms with Gasteiger partial charge in [0.1, 0.15) is 0 Å². The highest BCUT2D eigenvalue weighted by Gasteiger charge is 2.30. The zero-order valence-electron chi connectivity index (χ0n) is 13.7. The Bertz CT molecular complexity index is 537. The molecule has 2 fully saturated rings. The SMILES string of the molecule is Cc1cccc(NC(N)=NCC2CN3CCCCC3CO2)c1.I. The average Bonchev–Trinajstić information content (AvgIpc) is 2.53. The molecular weight excluding hydrogens is 403 g/mol. The zero-order valence-corrected chi connectivity index (χ0v) is 16.0. The van der Waals surface area contributed by atoms with Crippen LogP contribution in [0.5, 0.6) is 0 Å². The largest absolute Gasteiger partial charge is 0.373 e. The van der Waals surface area contributed by atoms with Gasteiger partial charge in [0.05, 0.1) is 19.3 Å². The summed E-state index contributed by atoms with van der Waals surface area (Å²) < 4.78 is 5.94. The van der Waals surface area contributed by atoms with Crippen molar-refractivity contribution in [3.05, 3.63) is 29.8 Å². The lowest BCUT2D eigenvalue weighted by Crippen LogP contribution is -2.52. The molecule has 0 spiro atoms. The molecule has 0 radical (unpaired) electrons. The van der Waals surface area contributed by atoms with Gasteiger partial charge in [-0.15, -0.1) is 24.0 Å². The molecule has 1 aromatic rings. The topological polar surface area (TPSA) is 62.9 Å². The fourth-order valence-electron chi connectivity index (χ4n) is 3.27. The predicted molar refractivity (Wildman–Crippen MR) is 106 cm³/mol.